The first kappa shape index (κ1) is 15.4. The van der Waals surface area contributed by atoms with Gasteiger partial charge in [-0.1, -0.05) is 31.4 Å². The van der Waals surface area contributed by atoms with Gasteiger partial charge in [0, 0.05) is 12.2 Å². The normalized spacial score (nSPS) is 19.8. The molecule has 0 saturated heterocycles. The van der Waals surface area contributed by atoms with Gasteiger partial charge in [0.1, 0.15) is 0 Å². The van der Waals surface area contributed by atoms with Crippen molar-refractivity contribution < 1.29 is 13.5 Å². The lowest BCUT2D eigenvalue weighted by molar-refractivity contribution is -0.0106. The summed E-state index contributed by atoms with van der Waals surface area (Å²) in [5, 5.41) is 0. The van der Waals surface area contributed by atoms with E-state index in [0.717, 1.165) is 31.7 Å². The van der Waals surface area contributed by atoms with Gasteiger partial charge in [0.25, 0.3) is 0 Å². The second-order valence-corrected chi connectivity index (χ2v) is 5.49. The topological polar surface area (TPSA) is 35.2 Å². The van der Waals surface area contributed by atoms with Crippen molar-refractivity contribution in [2.24, 2.45) is 11.7 Å². The SMILES string of the molecule is CCOC(C1CCCCC1)C(N)c1cccc(F)c1F. The van der Waals surface area contributed by atoms with Crippen LogP contribution in [0.1, 0.15) is 50.6 Å². The van der Waals surface area contributed by atoms with E-state index in [0.29, 0.717) is 12.5 Å². The third kappa shape index (κ3) is 3.36. The summed E-state index contributed by atoms with van der Waals surface area (Å²) >= 11 is 0. The van der Waals surface area contributed by atoms with E-state index < -0.39 is 17.7 Å². The first-order valence-corrected chi connectivity index (χ1v) is 7.46. The zero-order valence-corrected chi connectivity index (χ0v) is 11.9. The summed E-state index contributed by atoms with van der Waals surface area (Å²) in [4.78, 5) is 0. The van der Waals surface area contributed by atoms with Crippen molar-refractivity contribution >= 4 is 0 Å². The number of benzene rings is 1. The van der Waals surface area contributed by atoms with Crippen LogP contribution in [0.5, 0.6) is 0 Å². The van der Waals surface area contributed by atoms with Crippen LogP contribution in [0.2, 0.25) is 0 Å². The van der Waals surface area contributed by atoms with Gasteiger partial charge in [-0.15, -0.1) is 0 Å². The monoisotopic (exact) mass is 283 g/mol. The summed E-state index contributed by atoms with van der Waals surface area (Å²) in [7, 11) is 0. The molecule has 1 aliphatic rings. The second kappa shape index (κ2) is 7.14. The van der Waals surface area contributed by atoms with Gasteiger partial charge in [0.2, 0.25) is 0 Å². The molecule has 2 atom stereocenters. The highest BCUT2D eigenvalue weighted by Gasteiger charge is 2.31. The lowest BCUT2D eigenvalue weighted by Gasteiger charge is -2.34. The van der Waals surface area contributed by atoms with E-state index in [2.05, 4.69) is 0 Å². The molecular weight excluding hydrogens is 260 g/mol. The number of hydrogen-bond donors (Lipinski definition) is 1. The average Bonchev–Trinajstić information content (AvgIpc) is 2.48. The van der Waals surface area contributed by atoms with E-state index >= 15 is 0 Å². The summed E-state index contributed by atoms with van der Waals surface area (Å²) in [5.41, 5.74) is 6.41. The maximum atomic E-state index is 13.9. The fourth-order valence-corrected chi connectivity index (χ4v) is 3.14. The maximum absolute atomic E-state index is 13.9. The number of nitrogens with two attached hydrogens (primary N) is 1. The molecule has 4 heteroatoms. The maximum Gasteiger partial charge on any atom is 0.163 e. The summed E-state index contributed by atoms with van der Waals surface area (Å²) < 4.78 is 33.0. The Morgan fingerprint density at radius 1 is 1.25 bits per heavy atom. The minimum atomic E-state index is -0.850. The largest absolute Gasteiger partial charge is 0.376 e. The summed E-state index contributed by atoms with van der Waals surface area (Å²) in [6.45, 7) is 2.44. The summed E-state index contributed by atoms with van der Waals surface area (Å²) in [5.74, 6) is -1.36. The molecule has 1 aliphatic carbocycles. The van der Waals surface area contributed by atoms with Crippen LogP contribution in [0.25, 0.3) is 0 Å². The first-order chi connectivity index (χ1) is 9.65. The number of rotatable bonds is 5. The van der Waals surface area contributed by atoms with Crippen LogP contribution in [0.15, 0.2) is 18.2 Å². The van der Waals surface area contributed by atoms with Crippen LogP contribution in [-0.2, 0) is 4.74 Å². The summed E-state index contributed by atoms with van der Waals surface area (Å²) in [6, 6.07) is 3.55. The molecule has 1 aromatic rings. The van der Waals surface area contributed by atoms with Crippen LogP contribution >= 0.6 is 0 Å². The van der Waals surface area contributed by atoms with Crippen LogP contribution in [0.3, 0.4) is 0 Å². The molecule has 112 valence electrons. The number of ether oxygens (including phenoxy) is 1. The predicted octanol–water partition coefficient (Wildman–Crippen LogP) is 3.95. The van der Waals surface area contributed by atoms with Gasteiger partial charge in [0.15, 0.2) is 11.6 Å². The molecule has 1 aromatic carbocycles. The Bertz CT molecular complexity index is 432. The van der Waals surface area contributed by atoms with E-state index in [-0.39, 0.29) is 11.7 Å². The Balaban J connectivity index is 2.21. The third-order valence-electron chi connectivity index (χ3n) is 4.17. The predicted molar refractivity (Wildman–Crippen MR) is 75.3 cm³/mol. The average molecular weight is 283 g/mol. The molecule has 2 N–H and O–H groups in total. The third-order valence-corrected chi connectivity index (χ3v) is 4.17. The molecule has 0 aliphatic heterocycles. The van der Waals surface area contributed by atoms with Crippen molar-refractivity contribution in [3.63, 3.8) is 0 Å². The highest BCUT2D eigenvalue weighted by molar-refractivity contribution is 5.23. The standard InChI is InChI=1S/C16H23F2NO/c1-2-20-16(11-7-4-3-5-8-11)15(19)12-9-6-10-13(17)14(12)18/h6,9-11,15-16H,2-5,7-8,19H2,1H3. The molecule has 0 radical (unpaired) electrons. The molecule has 20 heavy (non-hydrogen) atoms. The van der Waals surface area contributed by atoms with Crippen LogP contribution in [0.4, 0.5) is 8.78 Å². The van der Waals surface area contributed by atoms with Crippen molar-refractivity contribution in [3.8, 4) is 0 Å². The van der Waals surface area contributed by atoms with Crippen molar-refractivity contribution in [1.82, 2.24) is 0 Å². The van der Waals surface area contributed by atoms with E-state index in [9.17, 15) is 8.78 Å². The van der Waals surface area contributed by atoms with Gasteiger partial charge in [-0.05, 0) is 31.7 Å². The van der Waals surface area contributed by atoms with Crippen molar-refractivity contribution in [2.45, 2.75) is 51.2 Å². The molecule has 0 bridgehead atoms. The van der Waals surface area contributed by atoms with E-state index in [4.69, 9.17) is 10.5 Å². The highest BCUT2D eigenvalue weighted by atomic mass is 19.2. The molecule has 0 spiro atoms. The molecule has 1 saturated carbocycles. The van der Waals surface area contributed by atoms with Crippen LogP contribution in [-0.4, -0.2) is 12.7 Å². The minimum absolute atomic E-state index is 0.217. The van der Waals surface area contributed by atoms with Gasteiger partial charge in [-0.3, -0.25) is 0 Å². The molecule has 2 nitrogen and oxygen atoms in total. The molecule has 1 fully saturated rings. The van der Waals surface area contributed by atoms with Crippen molar-refractivity contribution in [2.75, 3.05) is 6.61 Å². The van der Waals surface area contributed by atoms with Gasteiger partial charge in [-0.25, -0.2) is 8.78 Å². The second-order valence-electron chi connectivity index (χ2n) is 5.49. The molecule has 2 unspecified atom stereocenters. The first-order valence-electron chi connectivity index (χ1n) is 7.46. The Labute approximate surface area is 119 Å². The van der Waals surface area contributed by atoms with E-state index in [1.54, 1.807) is 6.07 Å². The zero-order valence-electron chi connectivity index (χ0n) is 11.9. The van der Waals surface area contributed by atoms with Crippen molar-refractivity contribution in [1.29, 1.82) is 0 Å². The van der Waals surface area contributed by atoms with E-state index in [1.165, 1.54) is 12.5 Å². The molecule has 2 rings (SSSR count). The number of halogens is 2. The Morgan fingerprint density at radius 2 is 1.95 bits per heavy atom. The van der Waals surface area contributed by atoms with Gasteiger partial charge >= 0.3 is 0 Å². The minimum Gasteiger partial charge on any atom is -0.376 e. The van der Waals surface area contributed by atoms with Crippen molar-refractivity contribution in [3.05, 3.63) is 35.4 Å². The van der Waals surface area contributed by atoms with Gasteiger partial charge < -0.3 is 10.5 Å². The fourth-order valence-electron chi connectivity index (χ4n) is 3.14. The van der Waals surface area contributed by atoms with Gasteiger partial charge in [-0.2, -0.15) is 0 Å². The number of hydrogen-bond acceptors (Lipinski definition) is 2. The molecule has 0 amide bonds. The lowest BCUT2D eigenvalue weighted by atomic mass is 9.81. The van der Waals surface area contributed by atoms with Gasteiger partial charge in [0.05, 0.1) is 12.1 Å². The van der Waals surface area contributed by atoms with Crippen LogP contribution < -0.4 is 5.73 Å². The zero-order chi connectivity index (χ0) is 14.5. The Morgan fingerprint density at radius 3 is 2.60 bits per heavy atom. The lowest BCUT2D eigenvalue weighted by Crippen LogP contribution is -2.37. The molecule has 0 aromatic heterocycles. The Kier molecular flexibility index (Phi) is 5.49. The van der Waals surface area contributed by atoms with E-state index in [1.807, 2.05) is 6.92 Å². The smallest absolute Gasteiger partial charge is 0.163 e. The summed E-state index contributed by atoms with van der Waals surface area (Å²) in [6.07, 6.45) is 5.42. The van der Waals surface area contributed by atoms with Crippen LogP contribution in [0, 0.1) is 17.6 Å². The molecule has 0 heterocycles. The quantitative estimate of drug-likeness (QED) is 0.888. The fraction of sp³-hybridized carbons (Fsp3) is 0.625. The Hall–Kier alpha value is -1.00. The molecular formula is C16H23F2NO. The highest BCUT2D eigenvalue weighted by Crippen LogP contribution is 2.34.